The standard InChI is InChI=1S/C6H12.C4H6N2.BrH/c1-3-5-6-4-2;1-6-3-2-5-4-6;/h5-6H,3-4H2,1-2H3;2-4H,1H3;1H. The smallest absolute Gasteiger partial charge is 0.241 e. The van der Waals surface area contributed by atoms with Crippen molar-refractivity contribution in [3.63, 3.8) is 0 Å². The zero-order valence-corrected chi connectivity index (χ0v) is 10.2. The maximum absolute atomic E-state index is 2.89. The van der Waals surface area contributed by atoms with Crippen molar-refractivity contribution in [2.24, 2.45) is 7.05 Å². The van der Waals surface area contributed by atoms with E-state index in [2.05, 4.69) is 31.0 Å². The van der Waals surface area contributed by atoms with Crippen molar-refractivity contribution in [1.82, 2.24) is 4.98 Å². The fourth-order valence-corrected chi connectivity index (χ4v) is 0.698. The third-order valence-electron chi connectivity index (χ3n) is 1.32. The molecule has 0 saturated carbocycles. The van der Waals surface area contributed by atoms with Gasteiger partial charge >= 0.3 is 0 Å². The van der Waals surface area contributed by atoms with Crippen molar-refractivity contribution in [2.75, 3.05) is 0 Å². The average molecular weight is 247 g/mol. The maximum atomic E-state index is 2.89. The fourth-order valence-electron chi connectivity index (χ4n) is 0.698. The van der Waals surface area contributed by atoms with E-state index < -0.39 is 0 Å². The van der Waals surface area contributed by atoms with Gasteiger partial charge in [0.1, 0.15) is 12.4 Å². The molecule has 76 valence electrons. The van der Waals surface area contributed by atoms with Gasteiger partial charge in [-0.3, -0.25) is 4.98 Å². The van der Waals surface area contributed by atoms with Gasteiger partial charge in [-0.15, -0.1) is 0 Å². The average Bonchev–Trinajstić information content (AvgIpc) is 2.53. The molecule has 3 heteroatoms. The normalized spacial score (nSPS) is 8.85. The van der Waals surface area contributed by atoms with Gasteiger partial charge in [-0.1, -0.05) is 26.0 Å². The summed E-state index contributed by atoms with van der Waals surface area (Å²) < 4.78 is 1.94. The summed E-state index contributed by atoms with van der Waals surface area (Å²) in [6.45, 7) is 4.29. The lowest BCUT2D eigenvalue weighted by molar-refractivity contribution is -0.670. The first-order valence-corrected chi connectivity index (χ1v) is 4.44. The minimum absolute atomic E-state index is 0. The van der Waals surface area contributed by atoms with Gasteiger partial charge in [0.2, 0.25) is 6.33 Å². The Bertz CT molecular complexity index is 187. The van der Waals surface area contributed by atoms with Crippen molar-refractivity contribution < 1.29 is 21.5 Å². The molecule has 1 heterocycles. The SMILES string of the molecule is CCC=CCC.C[n+]1cc[nH]c1.[Br-]. The van der Waals surface area contributed by atoms with Gasteiger partial charge in [0.25, 0.3) is 0 Å². The molecular formula is C10H19BrN2. The summed E-state index contributed by atoms with van der Waals surface area (Å²) in [5.74, 6) is 0. The van der Waals surface area contributed by atoms with Crippen LogP contribution in [0.4, 0.5) is 0 Å². The molecule has 13 heavy (non-hydrogen) atoms. The van der Waals surface area contributed by atoms with Crippen LogP contribution in [0, 0.1) is 0 Å². The molecule has 0 fully saturated rings. The summed E-state index contributed by atoms with van der Waals surface area (Å²) >= 11 is 0. The lowest BCUT2D eigenvalue weighted by Gasteiger charge is -1.72. The van der Waals surface area contributed by atoms with E-state index in [0.717, 1.165) is 0 Å². The summed E-state index contributed by atoms with van der Waals surface area (Å²) in [7, 11) is 1.97. The third-order valence-corrected chi connectivity index (χ3v) is 1.32. The molecule has 0 aromatic carbocycles. The predicted molar refractivity (Wildman–Crippen MR) is 51.7 cm³/mol. The van der Waals surface area contributed by atoms with E-state index in [-0.39, 0.29) is 17.0 Å². The maximum Gasteiger partial charge on any atom is 0.241 e. The number of nitrogens with zero attached hydrogens (tertiary/aromatic N) is 1. The van der Waals surface area contributed by atoms with Gasteiger partial charge in [-0.25, -0.2) is 4.57 Å². The van der Waals surface area contributed by atoms with Gasteiger partial charge in [0.05, 0.1) is 7.05 Å². The van der Waals surface area contributed by atoms with Crippen molar-refractivity contribution in [1.29, 1.82) is 0 Å². The number of halogens is 1. The Kier molecular flexibility index (Phi) is 13.1. The number of aromatic amines is 1. The minimum Gasteiger partial charge on any atom is -1.00 e. The molecule has 1 aromatic rings. The molecule has 0 saturated heterocycles. The Morgan fingerprint density at radius 1 is 1.23 bits per heavy atom. The van der Waals surface area contributed by atoms with Crippen LogP contribution in [0.1, 0.15) is 26.7 Å². The molecular weight excluding hydrogens is 228 g/mol. The number of H-pyrrole nitrogens is 1. The highest BCUT2D eigenvalue weighted by Crippen LogP contribution is 1.81. The molecule has 0 bridgehead atoms. The Morgan fingerprint density at radius 3 is 1.92 bits per heavy atom. The van der Waals surface area contributed by atoms with Crippen LogP contribution in [0.5, 0.6) is 0 Å². The summed E-state index contributed by atoms with van der Waals surface area (Å²) in [6, 6.07) is 0. The van der Waals surface area contributed by atoms with Gasteiger partial charge in [0, 0.05) is 0 Å². The molecule has 1 N–H and O–H groups in total. The first-order chi connectivity index (χ1) is 5.81. The van der Waals surface area contributed by atoms with Gasteiger partial charge in [-0.05, 0) is 12.8 Å². The topological polar surface area (TPSA) is 19.7 Å². The molecule has 2 nitrogen and oxygen atoms in total. The summed E-state index contributed by atoms with van der Waals surface area (Å²) in [4.78, 5) is 2.89. The first kappa shape index (κ1) is 14.9. The van der Waals surface area contributed by atoms with Gasteiger partial charge < -0.3 is 17.0 Å². The molecule has 0 aliphatic rings. The van der Waals surface area contributed by atoms with Crippen LogP contribution in [-0.2, 0) is 7.05 Å². The predicted octanol–water partition coefficient (Wildman–Crippen LogP) is -0.794. The second-order valence-electron chi connectivity index (χ2n) is 2.56. The molecule has 0 aliphatic heterocycles. The molecule has 0 unspecified atom stereocenters. The van der Waals surface area contributed by atoms with E-state index in [1.165, 1.54) is 12.8 Å². The molecule has 0 atom stereocenters. The van der Waals surface area contributed by atoms with Crippen molar-refractivity contribution in [3.8, 4) is 0 Å². The van der Waals surface area contributed by atoms with Gasteiger partial charge in [0.15, 0.2) is 0 Å². The lowest BCUT2D eigenvalue weighted by Crippen LogP contribution is -3.00. The number of allylic oxidation sites excluding steroid dienone is 2. The quantitative estimate of drug-likeness (QED) is 0.522. The van der Waals surface area contributed by atoms with E-state index >= 15 is 0 Å². The fraction of sp³-hybridized carbons (Fsp3) is 0.500. The third kappa shape index (κ3) is 11.4. The van der Waals surface area contributed by atoms with E-state index in [4.69, 9.17) is 0 Å². The molecule has 0 spiro atoms. The van der Waals surface area contributed by atoms with E-state index in [9.17, 15) is 0 Å². The number of hydrogen-bond donors (Lipinski definition) is 1. The largest absolute Gasteiger partial charge is 1.00 e. The lowest BCUT2D eigenvalue weighted by atomic mass is 10.4. The summed E-state index contributed by atoms with van der Waals surface area (Å²) in [5.41, 5.74) is 0. The summed E-state index contributed by atoms with van der Waals surface area (Å²) in [6.07, 6.45) is 12.4. The van der Waals surface area contributed by atoms with Crippen molar-refractivity contribution in [3.05, 3.63) is 30.9 Å². The van der Waals surface area contributed by atoms with E-state index in [0.29, 0.717) is 0 Å². The molecule has 0 radical (unpaired) electrons. The van der Waals surface area contributed by atoms with Crippen LogP contribution in [0.2, 0.25) is 0 Å². The second-order valence-corrected chi connectivity index (χ2v) is 2.56. The van der Waals surface area contributed by atoms with Crippen LogP contribution < -0.4 is 21.5 Å². The highest BCUT2D eigenvalue weighted by molar-refractivity contribution is 4.77. The monoisotopic (exact) mass is 246 g/mol. The van der Waals surface area contributed by atoms with Gasteiger partial charge in [-0.2, -0.15) is 0 Å². The highest BCUT2D eigenvalue weighted by Gasteiger charge is 1.78. The second kappa shape index (κ2) is 11.4. The number of hydrogen-bond acceptors (Lipinski definition) is 0. The Hall–Kier alpha value is -0.570. The number of rotatable bonds is 2. The number of nitrogens with one attached hydrogen (secondary N) is 1. The van der Waals surface area contributed by atoms with Crippen LogP contribution in [0.15, 0.2) is 30.9 Å². The van der Waals surface area contributed by atoms with Crippen LogP contribution in [0.25, 0.3) is 0 Å². The highest BCUT2D eigenvalue weighted by atomic mass is 79.9. The van der Waals surface area contributed by atoms with Crippen LogP contribution in [0.3, 0.4) is 0 Å². The first-order valence-electron chi connectivity index (χ1n) is 4.44. The Morgan fingerprint density at radius 2 is 1.77 bits per heavy atom. The zero-order chi connectivity index (χ0) is 9.23. The molecule has 0 aliphatic carbocycles. The Balaban J connectivity index is 0. The number of aromatic nitrogens is 2. The Labute approximate surface area is 91.5 Å². The van der Waals surface area contributed by atoms with E-state index in [1.54, 1.807) is 0 Å². The molecule has 1 aromatic heterocycles. The minimum atomic E-state index is 0. The molecule has 0 amide bonds. The summed E-state index contributed by atoms with van der Waals surface area (Å²) in [5, 5.41) is 0. The number of aryl methyl sites for hydroxylation is 1. The van der Waals surface area contributed by atoms with E-state index in [1.807, 2.05) is 30.3 Å². The van der Waals surface area contributed by atoms with Crippen molar-refractivity contribution in [2.45, 2.75) is 26.7 Å². The van der Waals surface area contributed by atoms with Crippen LogP contribution >= 0.6 is 0 Å². The zero-order valence-electron chi connectivity index (χ0n) is 8.63. The van der Waals surface area contributed by atoms with Crippen molar-refractivity contribution >= 4 is 0 Å². The molecule has 1 rings (SSSR count). The number of imidazole rings is 1. The van der Waals surface area contributed by atoms with Crippen LogP contribution in [-0.4, -0.2) is 4.98 Å².